The van der Waals surface area contributed by atoms with Gasteiger partial charge in [0.2, 0.25) is 0 Å². The van der Waals surface area contributed by atoms with Gasteiger partial charge in [-0.15, -0.1) is 6.42 Å². The fourth-order valence-corrected chi connectivity index (χ4v) is 8.09. The van der Waals surface area contributed by atoms with Gasteiger partial charge >= 0.3 is 6.01 Å². The molecule has 0 unspecified atom stereocenters. The number of nitrogens with zero attached hydrogens (tertiary/aromatic N) is 5. The molecule has 246 valence electrons. The summed E-state index contributed by atoms with van der Waals surface area (Å²) in [5.74, 6) is -0.488. The van der Waals surface area contributed by atoms with Gasteiger partial charge in [-0.25, -0.2) is 13.2 Å². The minimum atomic E-state index is -1.01. The van der Waals surface area contributed by atoms with E-state index in [1.807, 2.05) is 11.8 Å². The van der Waals surface area contributed by atoms with E-state index in [-0.39, 0.29) is 63.8 Å². The zero-order chi connectivity index (χ0) is 33.3. The third kappa shape index (κ3) is 5.17. The number of aromatic hydroxyl groups is 1. The summed E-state index contributed by atoms with van der Waals surface area (Å²) in [6.45, 7) is 4.94. The van der Waals surface area contributed by atoms with E-state index in [2.05, 4.69) is 27.2 Å². The Balaban J connectivity index is 1.27. The predicted molar refractivity (Wildman–Crippen MR) is 176 cm³/mol. The maximum Gasteiger partial charge on any atom is 0.319 e. The Hall–Kier alpha value is -4.58. The number of benzene rings is 3. The lowest BCUT2D eigenvalue weighted by Crippen LogP contribution is -2.51. The Bertz CT molecular complexity index is 2040. The normalized spacial score (nSPS) is 25.7. The number of nitriles is 1. The lowest BCUT2D eigenvalue weighted by molar-refractivity contribution is 0.0192. The molecule has 8 rings (SSSR count). The summed E-state index contributed by atoms with van der Waals surface area (Å²) in [5, 5.41) is 24.8. The summed E-state index contributed by atoms with van der Waals surface area (Å²) in [7, 11) is 0. The second-order valence-corrected chi connectivity index (χ2v) is 14.1. The van der Waals surface area contributed by atoms with Crippen molar-refractivity contribution in [1.29, 1.82) is 5.26 Å². The number of rotatable bonds is 6. The largest absolute Gasteiger partial charge is 0.508 e. The molecule has 4 atom stereocenters. The number of hydrogen-bond donors (Lipinski definition) is 2. The number of hydrogen-bond acceptors (Lipinski definition) is 8. The van der Waals surface area contributed by atoms with Crippen LogP contribution in [0.4, 0.5) is 19.0 Å². The van der Waals surface area contributed by atoms with Crippen molar-refractivity contribution in [3.8, 4) is 41.3 Å². The van der Waals surface area contributed by atoms with Crippen molar-refractivity contribution in [3.63, 3.8) is 0 Å². The first kappa shape index (κ1) is 30.7. The van der Waals surface area contributed by atoms with Crippen molar-refractivity contribution < 1.29 is 23.0 Å². The van der Waals surface area contributed by atoms with Gasteiger partial charge in [-0.1, -0.05) is 18.9 Å². The average molecular weight is 653 g/mol. The average Bonchev–Trinajstić information content (AvgIpc) is 3.87. The van der Waals surface area contributed by atoms with Crippen LogP contribution in [0, 0.1) is 52.5 Å². The molecule has 1 saturated carbocycles. The van der Waals surface area contributed by atoms with Crippen LogP contribution in [0.3, 0.4) is 0 Å². The number of likely N-dealkylation sites (tertiary alicyclic amines) is 1. The number of halogens is 3. The maximum absolute atomic E-state index is 16.9. The Morgan fingerprint density at radius 3 is 2.54 bits per heavy atom. The first-order valence-electron chi connectivity index (χ1n) is 16.5. The van der Waals surface area contributed by atoms with Gasteiger partial charge < -0.3 is 20.1 Å². The SMILES string of the molecule is C#Cc1c(F)ccc2cc(O)cc(-c3c(F)cc4c(N5C[C@H]6CC[C@@H](C5)N6)nc(OC[C@@]5(C)CN(C6CC6)CC[C@H]5C#N)nc4c3F)c12. The van der Waals surface area contributed by atoms with Crippen molar-refractivity contribution in [1.82, 2.24) is 20.2 Å². The van der Waals surface area contributed by atoms with Crippen LogP contribution in [0.25, 0.3) is 32.8 Å². The molecular weight excluding hydrogens is 617 g/mol. The molecule has 3 saturated heterocycles. The van der Waals surface area contributed by atoms with Crippen LogP contribution in [0.2, 0.25) is 0 Å². The lowest BCUT2D eigenvalue weighted by Gasteiger charge is -2.43. The number of aromatic nitrogens is 2. The van der Waals surface area contributed by atoms with Crippen LogP contribution in [0.1, 0.15) is 44.6 Å². The van der Waals surface area contributed by atoms with Crippen LogP contribution in [0.5, 0.6) is 11.8 Å². The second-order valence-electron chi connectivity index (χ2n) is 14.1. The molecule has 0 radical (unpaired) electrons. The molecule has 4 aromatic rings. The minimum absolute atomic E-state index is 0.0718. The highest BCUT2D eigenvalue weighted by molar-refractivity contribution is 6.04. The number of nitrogens with one attached hydrogen (secondary N) is 1. The smallest absolute Gasteiger partial charge is 0.319 e. The van der Waals surface area contributed by atoms with Crippen LogP contribution in [-0.4, -0.2) is 70.9 Å². The molecule has 4 heterocycles. The summed E-state index contributed by atoms with van der Waals surface area (Å²) in [6, 6.07) is 9.67. The molecule has 2 bridgehead atoms. The van der Waals surface area contributed by atoms with Gasteiger partial charge in [0, 0.05) is 59.5 Å². The number of fused-ring (bicyclic) bond motifs is 4. The van der Waals surface area contributed by atoms with Crippen molar-refractivity contribution in [2.24, 2.45) is 11.3 Å². The third-order valence-corrected chi connectivity index (χ3v) is 10.7. The second kappa shape index (κ2) is 11.5. The molecule has 3 aliphatic heterocycles. The molecule has 11 heteroatoms. The number of piperazine rings is 1. The fraction of sp³-hybridized carbons (Fsp3) is 0.432. The van der Waals surface area contributed by atoms with Gasteiger partial charge in [-0.05, 0) is 68.3 Å². The van der Waals surface area contributed by atoms with Crippen molar-refractivity contribution in [2.75, 3.05) is 37.7 Å². The molecule has 0 spiro atoms. The van der Waals surface area contributed by atoms with E-state index in [9.17, 15) is 14.8 Å². The highest BCUT2D eigenvalue weighted by Crippen LogP contribution is 2.43. The summed E-state index contributed by atoms with van der Waals surface area (Å²) in [4.78, 5) is 13.7. The van der Waals surface area contributed by atoms with E-state index in [1.54, 1.807) is 0 Å². The highest BCUT2D eigenvalue weighted by Gasteiger charge is 2.45. The van der Waals surface area contributed by atoms with Crippen molar-refractivity contribution in [2.45, 2.75) is 57.2 Å². The van der Waals surface area contributed by atoms with Gasteiger partial charge in [-0.2, -0.15) is 15.2 Å². The molecule has 2 N–H and O–H groups in total. The number of piperidine rings is 1. The first-order valence-corrected chi connectivity index (χ1v) is 16.5. The number of anilines is 1. The fourth-order valence-electron chi connectivity index (χ4n) is 8.09. The van der Waals surface area contributed by atoms with Crippen LogP contribution in [0.15, 0.2) is 30.3 Å². The standard InChI is InChI=1S/C37H35F3N6O2/c1-3-26-29(38)9-4-20-12-25(47)13-27(31(20)26)32-30(39)14-28-34(33(32)40)43-36(44-35(28)46-16-22-5-6-23(17-46)42-22)48-19-37(2)18-45(24-7-8-24)11-10-21(37)15-41/h1,4,9,12-14,21-24,42,47H,5-8,10-11,16-19H2,2H3/t21-,22-,23+,37+/m0/s1. The Morgan fingerprint density at radius 2 is 1.83 bits per heavy atom. The monoisotopic (exact) mass is 652 g/mol. The summed E-state index contributed by atoms with van der Waals surface area (Å²) >= 11 is 0. The maximum atomic E-state index is 16.9. The number of terminal acetylenes is 1. The van der Waals surface area contributed by atoms with Crippen molar-refractivity contribution >= 4 is 27.5 Å². The van der Waals surface area contributed by atoms with Crippen LogP contribution < -0.4 is 15.0 Å². The van der Waals surface area contributed by atoms with E-state index in [0.29, 0.717) is 36.9 Å². The minimum Gasteiger partial charge on any atom is -0.508 e. The summed E-state index contributed by atoms with van der Waals surface area (Å²) in [6.07, 6.45) is 10.7. The number of ether oxygens (including phenoxy) is 1. The summed E-state index contributed by atoms with van der Waals surface area (Å²) < 4.78 is 54.4. The molecule has 3 aromatic carbocycles. The molecule has 4 fully saturated rings. The van der Waals surface area contributed by atoms with E-state index < -0.39 is 28.4 Å². The zero-order valence-electron chi connectivity index (χ0n) is 26.6. The van der Waals surface area contributed by atoms with Crippen LogP contribution in [-0.2, 0) is 0 Å². The Kier molecular flexibility index (Phi) is 7.39. The Labute approximate surface area is 276 Å². The highest BCUT2D eigenvalue weighted by atomic mass is 19.1. The lowest BCUT2D eigenvalue weighted by atomic mass is 9.73. The van der Waals surface area contributed by atoms with Gasteiger partial charge in [0.25, 0.3) is 0 Å². The van der Waals surface area contributed by atoms with E-state index in [0.717, 1.165) is 44.7 Å². The molecule has 8 nitrogen and oxygen atoms in total. The van der Waals surface area contributed by atoms with Gasteiger partial charge in [0.05, 0.1) is 29.7 Å². The topological polar surface area (TPSA) is 97.5 Å². The molecule has 1 aliphatic carbocycles. The van der Waals surface area contributed by atoms with Gasteiger partial charge in [-0.3, -0.25) is 4.90 Å². The van der Waals surface area contributed by atoms with Crippen molar-refractivity contribution in [3.05, 3.63) is 53.3 Å². The predicted octanol–water partition coefficient (Wildman–Crippen LogP) is 5.89. The number of phenols is 1. The molecular formula is C37H35F3N6O2. The zero-order valence-corrected chi connectivity index (χ0v) is 26.6. The van der Waals surface area contributed by atoms with E-state index >= 15 is 8.78 Å². The van der Waals surface area contributed by atoms with Gasteiger partial charge in [0.1, 0.15) is 28.7 Å². The molecule has 4 aliphatic rings. The van der Waals surface area contributed by atoms with E-state index in [1.165, 1.54) is 24.3 Å². The molecule has 48 heavy (non-hydrogen) atoms. The third-order valence-electron chi connectivity index (χ3n) is 10.7. The molecule has 1 aromatic heterocycles. The first-order chi connectivity index (χ1) is 23.2. The van der Waals surface area contributed by atoms with E-state index in [4.69, 9.17) is 16.1 Å². The summed E-state index contributed by atoms with van der Waals surface area (Å²) in [5.41, 5.74) is -1.43. The van der Waals surface area contributed by atoms with Crippen LogP contribution >= 0.6 is 0 Å². The number of phenolic OH excluding ortho intramolecular Hbond substituents is 1. The quantitative estimate of drug-likeness (QED) is 0.249. The molecule has 0 amide bonds. The van der Waals surface area contributed by atoms with Gasteiger partial charge in [0.15, 0.2) is 5.82 Å². The Morgan fingerprint density at radius 1 is 1.06 bits per heavy atom.